The number of likely N-dealkylation sites (tertiary alicyclic amines) is 1. The molecule has 2 N–H and O–H groups in total. The second kappa shape index (κ2) is 10.8. The van der Waals surface area contributed by atoms with Crippen LogP contribution in [0.1, 0.15) is 47.2 Å². The number of rotatable bonds is 6. The van der Waals surface area contributed by atoms with E-state index in [1.54, 1.807) is 11.0 Å². The average Bonchev–Trinajstić information content (AvgIpc) is 3.29. The average molecular weight is 549 g/mol. The van der Waals surface area contributed by atoms with Crippen LogP contribution in [0.2, 0.25) is 5.02 Å². The van der Waals surface area contributed by atoms with Gasteiger partial charge in [-0.15, -0.1) is 0 Å². The molecule has 0 unspecified atom stereocenters. The van der Waals surface area contributed by atoms with Gasteiger partial charge >= 0.3 is 0 Å². The zero-order valence-electron chi connectivity index (χ0n) is 21.8. The maximum atomic E-state index is 13.4. The number of carbonyl (C=O) groups is 1. The zero-order chi connectivity index (χ0) is 27.0. The summed E-state index contributed by atoms with van der Waals surface area (Å²) in [6.45, 7) is 3.23. The van der Waals surface area contributed by atoms with Gasteiger partial charge in [0.2, 0.25) is 0 Å². The van der Waals surface area contributed by atoms with E-state index in [0.717, 1.165) is 54.9 Å². The maximum Gasteiger partial charge on any atom is 0.261 e. The summed E-state index contributed by atoms with van der Waals surface area (Å²) in [4.78, 5) is 17.3. The number of nitrogens with zero attached hydrogens (tertiary/aromatic N) is 2. The van der Waals surface area contributed by atoms with Crippen molar-refractivity contribution >= 4 is 17.5 Å². The Bertz CT molecular complexity index is 1360. The number of phenolic OH excluding ortho intramolecular Hbond substituents is 1. The molecule has 0 aromatic heterocycles. The van der Waals surface area contributed by atoms with Crippen LogP contribution in [-0.4, -0.2) is 64.8 Å². The number of aliphatic hydroxyl groups is 1. The highest BCUT2D eigenvalue weighted by atomic mass is 35.5. The quantitative estimate of drug-likeness (QED) is 0.533. The first kappa shape index (κ1) is 26.1. The Labute approximate surface area is 233 Å². The molecule has 1 fully saturated rings. The van der Waals surface area contributed by atoms with Crippen LogP contribution in [0.3, 0.4) is 0 Å². The van der Waals surface area contributed by atoms with Crippen molar-refractivity contribution < 1.29 is 24.5 Å². The number of carbonyl (C=O) groups excluding carboxylic acids is 1. The molecule has 6 rings (SSSR count). The number of benzene rings is 2. The van der Waals surface area contributed by atoms with Crippen molar-refractivity contribution in [2.45, 2.75) is 44.0 Å². The summed E-state index contributed by atoms with van der Waals surface area (Å²) in [6, 6.07) is 10.5. The monoisotopic (exact) mass is 548 g/mol. The van der Waals surface area contributed by atoms with Crippen LogP contribution in [-0.2, 0) is 16.9 Å². The van der Waals surface area contributed by atoms with Crippen LogP contribution in [0, 0.1) is 0 Å². The van der Waals surface area contributed by atoms with Gasteiger partial charge < -0.3 is 29.5 Å². The van der Waals surface area contributed by atoms with Crippen LogP contribution in [0.15, 0.2) is 72.0 Å². The van der Waals surface area contributed by atoms with E-state index in [2.05, 4.69) is 29.2 Å². The first-order valence-corrected chi connectivity index (χ1v) is 13.9. The minimum Gasteiger partial charge on any atom is -0.508 e. The number of piperidine rings is 1. The molecule has 1 amide bonds. The van der Waals surface area contributed by atoms with E-state index in [4.69, 9.17) is 21.1 Å². The Morgan fingerprint density at radius 1 is 1.13 bits per heavy atom. The lowest BCUT2D eigenvalue weighted by Crippen LogP contribution is -2.46. The predicted octanol–water partition coefficient (Wildman–Crippen LogP) is 4.92. The van der Waals surface area contributed by atoms with E-state index >= 15 is 0 Å². The van der Waals surface area contributed by atoms with E-state index in [1.165, 1.54) is 23.3 Å². The third-order valence-electron chi connectivity index (χ3n) is 8.20. The third-order valence-corrected chi connectivity index (χ3v) is 8.44. The molecule has 4 aliphatic rings. The fourth-order valence-electron chi connectivity index (χ4n) is 6.08. The van der Waals surface area contributed by atoms with Gasteiger partial charge in [0.25, 0.3) is 5.91 Å². The van der Waals surface area contributed by atoms with Gasteiger partial charge in [0, 0.05) is 43.5 Å². The lowest BCUT2D eigenvalue weighted by molar-refractivity contribution is -0.0835. The Balaban J connectivity index is 1.06. The number of ether oxygens (including phenoxy) is 2. The summed E-state index contributed by atoms with van der Waals surface area (Å²) < 4.78 is 12.2. The normalized spacial score (nSPS) is 20.7. The zero-order valence-corrected chi connectivity index (χ0v) is 22.6. The summed E-state index contributed by atoms with van der Waals surface area (Å²) in [5, 5.41) is 21.6. The van der Waals surface area contributed by atoms with Crippen molar-refractivity contribution in [2.75, 3.05) is 32.8 Å². The van der Waals surface area contributed by atoms with Gasteiger partial charge in [-0.05, 0) is 72.2 Å². The molecule has 8 heteroatoms. The molecule has 0 bridgehead atoms. The molecule has 7 nitrogen and oxygen atoms in total. The highest BCUT2D eigenvalue weighted by Crippen LogP contribution is 2.44. The Hall–Kier alpha value is -3.10. The van der Waals surface area contributed by atoms with E-state index < -0.39 is 6.10 Å². The smallest absolute Gasteiger partial charge is 0.261 e. The Morgan fingerprint density at radius 3 is 2.82 bits per heavy atom. The minimum atomic E-state index is -0.751. The summed E-state index contributed by atoms with van der Waals surface area (Å²) in [7, 11) is 0. The lowest BCUT2D eigenvalue weighted by atomic mass is 9.84. The van der Waals surface area contributed by atoms with Crippen molar-refractivity contribution in [3.63, 3.8) is 0 Å². The molecule has 1 aliphatic carbocycles. The topological polar surface area (TPSA) is 82.5 Å². The van der Waals surface area contributed by atoms with E-state index in [1.807, 2.05) is 18.3 Å². The molecule has 0 radical (unpaired) electrons. The van der Waals surface area contributed by atoms with Crippen LogP contribution in [0.25, 0.3) is 0 Å². The van der Waals surface area contributed by atoms with Gasteiger partial charge in [0.1, 0.15) is 24.2 Å². The number of hydrogen-bond acceptors (Lipinski definition) is 6. The van der Waals surface area contributed by atoms with Gasteiger partial charge in [0.05, 0.1) is 17.8 Å². The number of phenols is 1. The summed E-state index contributed by atoms with van der Waals surface area (Å²) in [5.74, 6) is 0.102. The molecule has 3 aliphatic heterocycles. The van der Waals surface area contributed by atoms with Crippen LogP contribution < -0.4 is 4.74 Å². The number of allylic oxidation sites excluding steroid dienone is 4. The number of hydrogen-bond donors (Lipinski definition) is 2. The maximum absolute atomic E-state index is 13.4. The van der Waals surface area contributed by atoms with Crippen LogP contribution >= 0.6 is 11.6 Å². The van der Waals surface area contributed by atoms with Gasteiger partial charge in [-0.1, -0.05) is 35.9 Å². The molecule has 0 saturated carbocycles. The SMILES string of the molecule is O=C(c1ccc(O)cc1OC[C@@H](O)CN1CCC2(CC1)OCc1cc(Cl)ccc12)N1C=C2CC=CC=C2CC1. The first-order valence-electron chi connectivity index (χ1n) is 13.6. The van der Waals surface area contributed by atoms with Gasteiger partial charge in [-0.25, -0.2) is 0 Å². The van der Waals surface area contributed by atoms with Crippen LogP contribution in [0.4, 0.5) is 0 Å². The highest BCUT2D eigenvalue weighted by Gasteiger charge is 2.42. The summed E-state index contributed by atoms with van der Waals surface area (Å²) in [6.07, 6.45) is 10.7. The summed E-state index contributed by atoms with van der Waals surface area (Å²) in [5.41, 5.74) is 4.90. The second-order valence-electron chi connectivity index (χ2n) is 10.8. The first-order chi connectivity index (χ1) is 18.9. The number of halogens is 1. The van der Waals surface area contributed by atoms with E-state index in [9.17, 15) is 15.0 Å². The molecule has 1 atom stereocenters. The molecule has 39 heavy (non-hydrogen) atoms. The summed E-state index contributed by atoms with van der Waals surface area (Å²) >= 11 is 6.16. The van der Waals surface area contributed by atoms with Crippen molar-refractivity contribution in [1.82, 2.24) is 9.80 Å². The third kappa shape index (κ3) is 5.37. The Kier molecular flexibility index (Phi) is 7.25. The number of β-amino-alcohol motifs (C(OH)–C–C–N with tert-alkyl or cyclic N) is 1. The van der Waals surface area contributed by atoms with Crippen LogP contribution in [0.5, 0.6) is 11.5 Å². The molecule has 2 aromatic carbocycles. The predicted molar refractivity (Wildman–Crippen MR) is 149 cm³/mol. The van der Waals surface area contributed by atoms with Crippen molar-refractivity contribution in [2.24, 2.45) is 0 Å². The number of aromatic hydroxyl groups is 1. The standard InChI is InChI=1S/C31H33ClN2O5/c32-24-5-8-28-23(15-24)19-39-31(28)10-13-33(14-11-31)18-26(36)20-38-29-16-25(35)6-7-27(29)30(37)34-12-9-21-3-1-2-4-22(21)17-34/h1-3,5-8,15-17,26,35-36H,4,9-14,18-20H2/t26-/m0/s1. The molecular weight excluding hydrogens is 516 g/mol. The van der Waals surface area contributed by atoms with E-state index in [0.29, 0.717) is 25.3 Å². The van der Waals surface area contributed by atoms with Crippen molar-refractivity contribution in [3.8, 4) is 11.5 Å². The van der Waals surface area contributed by atoms with E-state index in [-0.39, 0.29) is 29.6 Å². The number of fused-ring (bicyclic) bond motifs is 3. The minimum absolute atomic E-state index is 0.00939. The van der Waals surface area contributed by atoms with Crippen molar-refractivity contribution in [3.05, 3.63) is 93.7 Å². The molecular formula is C31H33ClN2O5. The van der Waals surface area contributed by atoms with Gasteiger partial charge in [0.15, 0.2) is 0 Å². The fourth-order valence-corrected chi connectivity index (χ4v) is 6.27. The van der Waals surface area contributed by atoms with Gasteiger partial charge in [-0.2, -0.15) is 0 Å². The van der Waals surface area contributed by atoms with Crippen molar-refractivity contribution in [1.29, 1.82) is 0 Å². The second-order valence-corrected chi connectivity index (χ2v) is 11.2. The Morgan fingerprint density at radius 2 is 1.97 bits per heavy atom. The number of aliphatic hydroxyl groups excluding tert-OH is 1. The lowest BCUT2D eigenvalue weighted by Gasteiger charge is -2.39. The fraction of sp³-hybridized carbons (Fsp3) is 0.387. The van der Waals surface area contributed by atoms with Gasteiger partial charge in [-0.3, -0.25) is 4.79 Å². The molecule has 204 valence electrons. The molecule has 1 saturated heterocycles. The molecule has 3 heterocycles. The highest BCUT2D eigenvalue weighted by molar-refractivity contribution is 6.30. The largest absolute Gasteiger partial charge is 0.508 e. The molecule has 1 spiro atoms. The molecule has 2 aromatic rings. The number of amides is 1.